The van der Waals surface area contributed by atoms with Crippen molar-refractivity contribution in [2.75, 3.05) is 0 Å². The van der Waals surface area contributed by atoms with Gasteiger partial charge in [0, 0.05) is 16.6 Å². The first-order chi connectivity index (χ1) is 10.1. The number of benzene rings is 1. The maximum atomic E-state index is 11.7. The Morgan fingerprint density at radius 3 is 2.76 bits per heavy atom. The molecule has 0 aliphatic rings. The minimum absolute atomic E-state index is 0.0320. The van der Waals surface area contributed by atoms with E-state index in [-0.39, 0.29) is 11.7 Å². The molecule has 2 N–H and O–H groups in total. The van der Waals surface area contributed by atoms with Crippen LogP contribution in [0.15, 0.2) is 52.0 Å². The Balaban J connectivity index is 1.67. The summed E-state index contributed by atoms with van der Waals surface area (Å²) in [6, 6.07) is 10.7. The van der Waals surface area contributed by atoms with Crippen molar-refractivity contribution in [1.29, 1.82) is 0 Å². The molecular weight excluding hydrogens is 286 g/mol. The van der Waals surface area contributed by atoms with Crippen molar-refractivity contribution < 1.29 is 14.3 Å². The predicted molar refractivity (Wildman–Crippen MR) is 83.2 cm³/mol. The number of amides is 1. The number of hydrogen-bond donors (Lipinski definition) is 2. The second kappa shape index (κ2) is 7.78. The molecule has 1 heterocycles. The van der Waals surface area contributed by atoms with Gasteiger partial charge in [0.2, 0.25) is 5.91 Å². The third-order valence-electron chi connectivity index (χ3n) is 2.99. The van der Waals surface area contributed by atoms with Gasteiger partial charge in [-0.25, -0.2) is 0 Å². The molecule has 2 rings (SSSR count). The van der Waals surface area contributed by atoms with Crippen LogP contribution in [-0.4, -0.2) is 16.3 Å². The summed E-state index contributed by atoms with van der Waals surface area (Å²) < 4.78 is 5.16. The number of phenolic OH excluding ortho intramolecular Hbond substituents is 1. The summed E-state index contributed by atoms with van der Waals surface area (Å²) in [5, 5.41) is 12.4. The average Bonchev–Trinajstić information content (AvgIpc) is 2.99. The van der Waals surface area contributed by atoms with Crippen LogP contribution in [0, 0.1) is 0 Å². The molecule has 2 aromatic rings. The molecule has 0 aliphatic heterocycles. The van der Waals surface area contributed by atoms with Gasteiger partial charge in [-0.15, -0.1) is 11.8 Å². The molecule has 0 radical (unpaired) electrons. The van der Waals surface area contributed by atoms with Gasteiger partial charge in [-0.1, -0.05) is 6.92 Å². The number of furan rings is 1. The molecule has 0 fully saturated rings. The molecule has 4 nitrogen and oxygen atoms in total. The lowest BCUT2D eigenvalue weighted by molar-refractivity contribution is -0.121. The summed E-state index contributed by atoms with van der Waals surface area (Å²) in [5.41, 5.74) is 0. The van der Waals surface area contributed by atoms with Crippen LogP contribution in [0.2, 0.25) is 0 Å². The monoisotopic (exact) mass is 305 g/mol. The van der Waals surface area contributed by atoms with Crippen molar-refractivity contribution in [1.82, 2.24) is 5.32 Å². The first-order valence-corrected chi connectivity index (χ1v) is 7.76. The van der Waals surface area contributed by atoms with Crippen molar-refractivity contribution >= 4 is 17.7 Å². The Morgan fingerprint density at radius 1 is 1.33 bits per heavy atom. The number of nitrogens with one attached hydrogen (secondary N) is 1. The highest BCUT2D eigenvalue weighted by Crippen LogP contribution is 2.27. The number of phenols is 1. The quantitative estimate of drug-likeness (QED) is 0.768. The average molecular weight is 305 g/mol. The van der Waals surface area contributed by atoms with Crippen LogP contribution in [0.4, 0.5) is 0 Å². The van der Waals surface area contributed by atoms with Crippen LogP contribution >= 0.6 is 11.8 Å². The van der Waals surface area contributed by atoms with E-state index in [0.29, 0.717) is 18.2 Å². The minimum Gasteiger partial charge on any atom is -0.508 e. The van der Waals surface area contributed by atoms with Crippen molar-refractivity contribution in [3.8, 4) is 5.75 Å². The van der Waals surface area contributed by atoms with E-state index in [0.717, 1.165) is 17.1 Å². The van der Waals surface area contributed by atoms with Gasteiger partial charge in [-0.05, 0) is 42.8 Å². The van der Waals surface area contributed by atoms with Gasteiger partial charge in [0.15, 0.2) is 0 Å². The number of hydrogen-bond acceptors (Lipinski definition) is 4. The van der Waals surface area contributed by atoms with Crippen LogP contribution in [0.5, 0.6) is 5.75 Å². The van der Waals surface area contributed by atoms with E-state index in [1.807, 2.05) is 18.2 Å². The molecule has 1 aromatic carbocycles. The van der Waals surface area contributed by atoms with E-state index in [1.165, 1.54) is 0 Å². The van der Waals surface area contributed by atoms with Crippen LogP contribution < -0.4 is 5.32 Å². The molecule has 1 amide bonds. The van der Waals surface area contributed by atoms with E-state index in [9.17, 15) is 9.90 Å². The van der Waals surface area contributed by atoms with Gasteiger partial charge in [0.1, 0.15) is 11.5 Å². The molecule has 0 bridgehead atoms. The van der Waals surface area contributed by atoms with E-state index >= 15 is 0 Å². The van der Waals surface area contributed by atoms with Gasteiger partial charge in [0.25, 0.3) is 0 Å². The predicted octanol–water partition coefficient (Wildman–Crippen LogP) is 3.56. The van der Waals surface area contributed by atoms with Gasteiger partial charge < -0.3 is 14.8 Å². The second-order valence-corrected chi connectivity index (χ2v) is 6.33. The first kappa shape index (κ1) is 15.5. The number of carbonyl (C=O) groups is 1. The fourth-order valence-corrected chi connectivity index (χ4v) is 2.83. The standard InChI is InChI=1S/C16H19NO3S/c1-12(21-15-7-5-13(18)6-8-15)4-9-16(19)17-11-14-3-2-10-20-14/h2-3,5-8,10,12,18H,4,9,11H2,1H3,(H,17,19). The highest BCUT2D eigenvalue weighted by Gasteiger charge is 2.09. The van der Waals surface area contributed by atoms with Gasteiger partial charge in [-0.2, -0.15) is 0 Å². The van der Waals surface area contributed by atoms with Gasteiger partial charge >= 0.3 is 0 Å². The summed E-state index contributed by atoms with van der Waals surface area (Å²) in [6.07, 6.45) is 2.89. The lowest BCUT2D eigenvalue weighted by atomic mass is 10.2. The molecule has 5 heteroatoms. The molecule has 1 atom stereocenters. The van der Waals surface area contributed by atoms with E-state index in [4.69, 9.17) is 4.42 Å². The highest BCUT2D eigenvalue weighted by atomic mass is 32.2. The molecule has 112 valence electrons. The Hall–Kier alpha value is -1.88. The van der Waals surface area contributed by atoms with Crippen LogP contribution in [0.1, 0.15) is 25.5 Å². The Morgan fingerprint density at radius 2 is 2.10 bits per heavy atom. The number of thioether (sulfide) groups is 1. The Labute approximate surface area is 128 Å². The summed E-state index contributed by atoms with van der Waals surface area (Å²) in [5.74, 6) is 1.06. The molecule has 1 aromatic heterocycles. The maximum Gasteiger partial charge on any atom is 0.220 e. The summed E-state index contributed by atoms with van der Waals surface area (Å²) >= 11 is 1.70. The third-order valence-corrected chi connectivity index (χ3v) is 4.17. The topological polar surface area (TPSA) is 62.5 Å². The van der Waals surface area contributed by atoms with Crippen LogP contribution in [0.3, 0.4) is 0 Å². The number of aromatic hydroxyl groups is 1. The lowest BCUT2D eigenvalue weighted by Gasteiger charge is -2.11. The normalized spacial score (nSPS) is 12.0. The molecule has 0 saturated heterocycles. The zero-order valence-electron chi connectivity index (χ0n) is 11.9. The van der Waals surface area contributed by atoms with Crippen molar-refractivity contribution in [3.05, 3.63) is 48.4 Å². The number of carbonyl (C=O) groups excluding carboxylic acids is 1. The van der Waals surface area contributed by atoms with E-state index in [1.54, 1.807) is 36.2 Å². The third kappa shape index (κ3) is 5.55. The van der Waals surface area contributed by atoms with Gasteiger partial charge in [0.05, 0.1) is 12.8 Å². The van der Waals surface area contributed by atoms with E-state index < -0.39 is 0 Å². The van der Waals surface area contributed by atoms with Crippen molar-refractivity contribution in [2.24, 2.45) is 0 Å². The summed E-state index contributed by atoms with van der Waals surface area (Å²) in [7, 11) is 0. The SMILES string of the molecule is CC(CCC(=O)NCc1ccco1)Sc1ccc(O)cc1. The first-order valence-electron chi connectivity index (χ1n) is 6.88. The molecule has 0 saturated carbocycles. The fourth-order valence-electron chi connectivity index (χ4n) is 1.84. The lowest BCUT2D eigenvalue weighted by Crippen LogP contribution is -2.22. The smallest absolute Gasteiger partial charge is 0.220 e. The maximum absolute atomic E-state index is 11.7. The molecule has 0 spiro atoms. The summed E-state index contributed by atoms with van der Waals surface area (Å²) in [6.45, 7) is 2.53. The fraction of sp³-hybridized carbons (Fsp3) is 0.312. The van der Waals surface area contributed by atoms with E-state index in [2.05, 4.69) is 12.2 Å². The molecule has 0 aliphatic carbocycles. The van der Waals surface area contributed by atoms with Crippen molar-refractivity contribution in [3.63, 3.8) is 0 Å². The van der Waals surface area contributed by atoms with Crippen LogP contribution in [-0.2, 0) is 11.3 Å². The van der Waals surface area contributed by atoms with Crippen molar-refractivity contribution in [2.45, 2.75) is 36.5 Å². The summed E-state index contributed by atoms with van der Waals surface area (Å²) in [4.78, 5) is 12.8. The largest absolute Gasteiger partial charge is 0.508 e. The Kier molecular flexibility index (Phi) is 5.75. The highest BCUT2D eigenvalue weighted by molar-refractivity contribution is 7.99. The minimum atomic E-state index is 0.0320. The number of rotatable bonds is 7. The second-order valence-electron chi connectivity index (χ2n) is 4.82. The zero-order valence-corrected chi connectivity index (χ0v) is 12.7. The van der Waals surface area contributed by atoms with Crippen LogP contribution in [0.25, 0.3) is 0 Å². The Bertz CT molecular complexity index is 551. The molecule has 1 unspecified atom stereocenters. The molecule has 21 heavy (non-hydrogen) atoms. The van der Waals surface area contributed by atoms with Gasteiger partial charge in [-0.3, -0.25) is 4.79 Å². The molecular formula is C16H19NO3S. The zero-order chi connectivity index (χ0) is 15.1.